The summed E-state index contributed by atoms with van der Waals surface area (Å²) in [6.07, 6.45) is -0.576. The molecule has 0 aliphatic heterocycles. The first-order chi connectivity index (χ1) is 7.68. The number of hydrogen-bond donors (Lipinski definition) is 1. The van der Waals surface area contributed by atoms with Crippen LogP contribution in [0.25, 0.3) is 0 Å². The molecule has 1 unspecified atom stereocenters. The van der Waals surface area contributed by atoms with Gasteiger partial charge in [-0.1, -0.05) is 52.3 Å². The summed E-state index contributed by atoms with van der Waals surface area (Å²) in [6, 6.07) is 15.6. The van der Waals surface area contributed by atoms with E-state index in [4.69, 9.17) is 0 Å². The van der Waals surface area contributed by atoms with Gasteiger partial charge in [0.05, 0.1) is 0 Å². The van der Waals surface area contributed by atoms with E-state index in [-0.39, 0.29) is 0 Å². The van der Waals surface area contributed by atoms with Gasteiger partial charge in [-0.05, 0) is 45.9 Å². The smallest absolute Gasteiger partial charge is 0.105 e. The molecule has 0 bridgehead atoms. The van der Waals surface area contributed by atoms with E-state index < -0.39 is 6.10 Å². The van der Waals surface area contributed by atoms with Gasteiger partial charge in [-0.25, -0.2) is 0 Å². The molecule has 0 aliphatic rings. The predicted molar refractivity (Wildman–Crippen MR) is 77.4 cm³/mol. The van der Waals surface area contributed by atoms with Crippen LogP contribution in [0, 0.1) is 3.57 Å². The average Bonchev–Trinajstić information content (AvgIpc) is 2.29. The molecule has 0 amide bonds. The monoisotopic (exact) mass is 388 g/mol. The van der Waals surface area contributed by atoms with Crippen LogP contribution in [0.2, 0.25) is 0 Å². The molecule has 0 spiro atoms. The zero-order chi connectivity index (χ0) is 11.5. The third kappa shape index (κ3) is 2.64. The van der Waals surface area contributed by atoms with Gasteiger partial charge in [-0.2, -0.15) is 0 Å². The molecular weight excluding hydrogens is 379 g/mol. The topological polar surface area (TPSA) is 20.2 Å². The molecule has 2 rings (SSSR count). The van der Waals surface area contributed by atoms with Gasteiger partial charge in [0.25, 0.3) is 0 Å². The first kappa shape index (κ1) is 12.1. The summed E-state index contributed by atoms with van der Waals surface area (Å²) in [5.41, 5.74) is 1.80. The molecule has 0 saturated carbocycles. The van der Waals surface area contributed by atoms with Gasteiger partial charge < -0.3 is 5.11 Å². The standard InChI is InChI=1S/C13H10BrIO/c14-12-8-10(15)6-7-11(12)13(16)9-4-2-1-3-5-9/h1-8,13,16H. The normalized spacial score (nSPS) is 12.4. The number of benzene rings is 2. The largest absolute Gasteiger partial charge is 0.384 e. The Morgan fingerprint density at radius 3 is 2.38 bits per heavy atom. The Kier molecular flexibility index (Phi) is 4.00. The summed E-state index contributed by atoms with van der Waals surface area (Å²) in [5, 5.41) is 10.2. The third-order valence-corrected chi connectivity index (χ3v) is 3.73. The molecule has 1 nitrogen and oxygen atoms in total. The van der Waals surface area contributed by atoms with Crippen molar-refractivity contribution in [2.24, 2.45) is 0 Å². The third-order valence-electron chi connectivity index (χ3n) is 2.37. The van der Waals surface area contributed by atoms with Crippen LogP contribution < -0.4 is 0 Å². The van der Waals surface area contributed by atoms with Gasteiger partial charge in [-0.15, -0.1) is 0 Å². The maximum absolute atomic E-state index is 10.2. The second-order valence-electron chi connectivity index (χ2n) is 3.48. The Bertz CT molecular complexity index is 485. The predicted octanol–water partition coefficient (Wildman–Crippen LogP) is 4.14. The zero-order valence-corrected chi connectivity index (χ0v) is 12.1. The minimum Gasteiger partial charge on any atom is -0.384 e. The summed E-state index contributed by atoms with van der Waals surface area (Å²) < 4.78 is 2.09. The van der Waals surface area contributed by atoms with Crippen molar-refractivity contribution in [1.82, 2.24) is 0 Å². The zero-order valence-electron chi connectivity index (χ0n) is 8.40. The summed E-state index contributed by atoms with van der Waals surface area (Å²) in [7, 11) is 0. The Morgan fingerprint density at radius 2 is 1.75 bits per heavy atom. The quantitative estimate of drug-likeness (QED) is 0.766. The van der Waals surface area contributed by atoms with E-state index in [1.54, 1.807) is 0 Å². The molecule has 2 aromatic rings. The van der Waals surface area contributed by atoms with Crippen LogP contribution in [0.15, 0.2) is 53.0 Å². The van der Waals surface area contributed by atoms with E-state index in [9.17, 15) is 5.11 Å². The van der Waals surface area contributed by atoms with Crippen LogP contribution >= 0.6 is 38.5 Å². The number of aliphatic hydroxyl groups is 1. The van der Waals surface area contributed by atoms with Crippen molar-refractivity contribution in [1.29, 1.82) is 0 Å². The lowest BCUT2D eigenvalue weighted by Crippen LogP contribution is -2.00. The molecule has 1 N–H and O–H groups in total. The van der Waals surface area contributed by atoms with Crippen molar-refractivity contribution < 1.29 is 5.11 Å². The summed E-state index contributed by atoms with van der Waals surface area (Å²) in [6.45, 7) is 0. The number of halogens is 2. The van der Waals surface area contributed by atoms with Crippen LogP contribution in [-0.2, 0) is 0 Å². The lowest BCUT2D eigenvalue weighted by molar-refractivity contribution is 0.219. The molecule has 2 aromatic carbocycles. The molecule has 0 fully saturated rings. The van der Waals surface area contributed by atoms with Crippen LogP contribution in [0.3, 0.4) is 0 Å². The second-order valence-corrected chi connectivity index (χ2v) is 5.58. The number of hydrogen-bond acceptors (Lipinski definition) is 1. The van der Waals surface area contributed by atoms with E-state index in [0.29, 0.717) is 0 Å². The minimum absolute atomic E-state index is 0.576. The highest BCUT2D eigenvalue weighted by Crippen LogP contribution is 2.29. The van der Waals surface area contributed by atoms with E-state index in [1.165, 1.54) is 0 Å². The molecule has 0 aliphatic carbocycles. The summed E-state index contributed by atoms with van der Waals surface area (Å²) in [4.78, 5) is 0. The van der Waals surface area contributed by atoms with E-state index in [0.717, 1.165) is 19.2 Å². The molecule has 0 saturated heterocycles. The molecule has 1 atom stereocenters. The first-order valence-corrected chi connectivity index (χ1v) is 6.73. The maximum Gasteiger partial charge on any atom is 0.105 e. The van der Waals surface area contributed by atoms with Gasteiger partial charge in [0, 0.05) is 8.04 Å². The highest BCUT2D eigenvalue weighted by atomic mass is 127. The van der Waals surface area contributed by atoms with Crippen molar-refractivity contribution in [2.75, 3.05) is 0 Å². The van der Waals surface area contributed by atoms with Crippen molar-refractivity contribution in [3.05, 3.63) is 67.7 Å². The Morgan fingerprint density at radius 1 is 1.06 bits per heavy atom. The molecule has 3 heteroatoms. The molecular formula is C13H10BrIO. The molecule has 0 radical (unpaired) electrons. The summed E-state index contributed by atoms with van der Waals surface area (Å²) in [5.74, 6) is 0. The fourth-order valence-corrected chi connectivity index (χ4v) is 3.05. The molecule has 16 heavy (non-hydrogen) atoms. The van der Waals surface area contributed by atoms with Gasteiger partial charge >= 0.3 is 0 Å². The van der Waals surface area contributed by atoms with Crippen molar-refractivity contribution in [2.45, 2.75) is 6.10 Å². The fraction of sp³-hybridized carbons (Fsp3) is 0.0769. The number of aliphatic hydroxyl groups excluding tert-OH is 1. The van der Waals surface area contributed by atoms with Gasteiger partial charge in [0.15, 0.2) is 0 Å². The molecule has 82 valence electrons. The van der Waals surface area contributed by atoms with E-state index >= 15 is 0 Å². The van der Waals surface area contributed by atoms with Gasteiger partial charge in [0.2, 0.25) is 0 Å². The Balaban J connectivity index is 2.38. The minimum atomic E-state index is -0.576. The summed E-state index contributed by atoms with van der Waals surface area (Å²) >= 11 is 5.73. The SMILES string of the molecule is OC(c1ccccc1)c1ccc(I)cc1Br. The number of rotatable bonds is 2. The average molecular weight is 389 g/mol. The van der Waals surface area contributed by atoms with Gasteiger partial charge in [-0.3, -0.25) is 0 Å². The van der Waals surface area contributed by atoms with Crippen LogP contribution in [0.4, 0.5) is 0 Å². The van der Waals surface area contributed by atoms with E-state index in [2.05, 4.69) is 38.5 Å². The highest BCUT2D eigenvalue weighted by Gasteiger charge is 2.12. The molecule has 0 heterocycles. The fourth-order valence-electron chi connectivity index (χ4n) is 1.54. The first-order valence-electron chi connectivity index (χ1n) is 4.86. The van der Waals surface area contributed by atoms with Crippen molar-refractivity contribution >= 4 is 38.5 Å². The lowest BCUT2D eigenvalue weighted by atomic mass is 10.0. The van der Waals surface area contributed by atoms with Gasteiger partial charge in [0.1, 0.15) is 6.10 Å². The van der Waals surface area contributed by atoms with Crippen LogP contribution in [-0.4, -0.2) is 5.11 Å². The van der Waals surface area contributed by atoms with E-state index in [1.807, 2.05) is 48.5 Å². The Labute approximate surface area is 117 Å². The highest BCUT2D eigenvalue weighted by molar-refractivity contribution is 14.1. The lowest BCUT2D eigenvalue weighted by Gasteiger charge is -2.13. The Hall–Kier alpha value is -0.390. The van der Waals surface area contributed by atoms with Crippen LogP contribution in [0.5, 0.6) is 0 Å². The second kappa shape index (κ2) is 5.29. The molecule has 0 aromatic heterocycles. The van der Waals surface area contributed by atoms with Crippen molar-refractivity contribution in [3.8, 4) is 0 Å². The van der Waals surface area contributed by atoms with Crippen LogP contribution in [0.1, 0.15) is 17.2 Å². The van der Waals surface area contributed by atoms with Crippen molar-refractivity contribution in [3.63, 3.8) is 0 Å². The maximum atomic E-state index is 10.2.